The molecule has 0 saturated heterocycles. The molecule has 118 valence electrons. The van der Waals surface area contributed by atoms with Gasteiger partial charge in [0.15, 0.2) is 5.92 Å². The van der Waals surface area contributed by atoms with E-state index in [1.54, 1.807) is 13.8 Å². The summed E-state index contributed by atoms with van der Waals surface area (Å²) in [5.74, 6) is -4.23. The third kappa shape index (κ3) is 6.16. The molecule has 0 aliphatic rings. The number of halogens is 3. The molecule has 0 aromatic heterocycles. The highest BCUT2D eigenvalue weighted by molar-refractivity contribution is 5.71. The fraction of sp³-hybridized carbons (Fsp3) is 0.533. The van der Waals surface area contributed by atoms with E-state index in [4.69, 9.17) is 5.11 Å². The lowest BCUT2D eigenvalue weighted by Gasteiger charge is -2.28. The minimum atomic E-state index is -4.74. The van der Waals surface area contributed by atoms with Gasteiger partial charge in [0, 0.05) is 12.1 Å². The maximum Gasteiger partial charge on any atom is 0.403 e. The van der Waals surface area contributed by atoms with E-state index in [0.717, 1.165) is 5.56 Å². The zero-order valence-electron chi connectivity index (χ0n) is 12.1. The van der Waals surface area contributed by atoms with Crippen LogP contribution in [0.1, 0.15) is 25.8 Å². The Morgan fingerprint density at radius 2 is 1.81 bits per heavy atom. The van der Waals surface area contributed by atoms with E-state index in [-0.39, 0.29) is 0 Å². The Bertz CT molecular complexity index is 458. The molecule has 0 saturated carbocycles. The van der Waals surface area contributed by atoms with Crippen molar-refractivity contribution in [3.63, 3.8) is 0 Å². The first-order chi connectivity index (χ1) is 9.62. The molecular formula is C15H20F3NO2. The zero-order chi connectivity index (χ0) is 16.1. The fourth-order valence-electron chi connectivity index (χ4n) is 1.91. The second-order valence-corrected chi connectivity index (χ2v) is 5.68. The number of hydrogen-bond donors (Lipinski definition) is 2. The summed E-state index contributed by atoms with van der Waals surface area (Å²) in [6, 6.07) is 9.60. The lowest BCUT2D eigenvalue weighted by Crippen LogP contribution is -2.47. The Morgan fingerprint density at radius 1 is 1.24 bits per heavy atom. The van der Waals surface area contributed by atoms with Gasteiger partial charge in [-0.3, -0.25) is 4.79 Å². The maximum atomic E-state index is 12.6. The van der Waals surface area contributed by atoms with Crippen molar-refractivity contribution in [3.8, 4) is 0 Å². The summed E-state index contributed by atoms with van der Waals surface area (Å²) in [7, 11) is 0. The molecule has 6 heteroatoms. The summed E-state index contributed by atoms with van der Waals surface area (Å²) in [6.45, 7) is 2.91. The van der Waals surface area contributed by atoms with Gasteiger partial charge < -0.3 is 10.4 Å². The molecule has 0 radical (unpaired) electrons. The molecule has 1 aromatic carbocycles. The number of rotatable bonds is 7. The van der Waals surface area contributed by atoms with Crippen LogP contribution in [0.3, 0.4) is 0 Å². The van der Waals surface area contributed by atoms with Crippen molar-refractivity contribution in [1.82, 2.24) is 5.32 Å². The van der Waals surface area contributed by atoms with E-state index in [1.165, 1.54) is 0 Å². The standard InChI is InChI=1S/C15H20F3NO2/c1-14(2,9-8-11-6-4-3-5-7-11)19-10-12(13(20)21)15(16,17)18/h3-7,12,19H,8-10H2,1-2H3,(H,20,21). The molecule has 21 heavy (non-hydrogen) atoms. The van der Waals surface area contributed by atoms with Gasteiger partial charge in [-0.25, -0.2) is 0 Å². The highest BCUT2D eigenvalue weighted by Gasteiger charge is 2.45. The van der Waals surface area contributed by atoms with Crippen molar-refractivity contribution in [2.45, 2.75) is 38.4 Å². The number of aliphatic carboxylic acids is 1. The molecule has 1 unspecified atom stereocenters. The van der Waals surface area contributed by atoms with Crippen molar-refractivity contribution in [1.29, 1.82) is 0 Å². The van der Waals surface area contributed by atoms with E-state index in [9.17, 15) is 18.0 Å². The first-order valence-corrected chi connectivity index (χ1v) is 6.70. The molecule has 0 spiro atoms. The summed E-state index contributed by atoms with van der Waals surface area (Å²) in [6.07, 6.45) is -3.42. The maximum absolute atomic E-state index is 12.6. The molecule has 0 fully saturated rings. The van der Waals surface area contributed by atoms with Crippen LogP contribution in [0.2, 0.25) is 0 Å². The third-order valence-electron chi connectivity index (χ3n) is 3.36. The number of carboxylic acids is 1. The highest BCUT2D eigenvalue weighted by atomic mass is 19.4. The van der Waals surface area contributed by atoms with Gasteiger partial charge in [-0.2, -0.15) is 13.2 Å². The van der Waals surface area contributed by atoms with Gasteiger partial charge in [0.05, 0.1) is 0 Å². The molecule has 1 aromatic rings. The third-order valence-corrected chi connectivity index (χ3v) is 3.36. The largest absolute Gasteiger partial charge is 0.481 e. The number of aryl methyl sites for hydroxylation is 1. The Morgan fingerprint density at radius 3 is 2.29 bits per heavy atom. The molecule has 3 nitrogen and oxygen atoms in total. The minimum absolute atomic E-state index is 0.575. The quantitative estimate of drug-likeness (QED) is 0.813. The van der Waals surface area contributed by atoms with Crippen molar-refractivity contribution >= 4 is 5.97 Å². The van der Waals surface area contributed by atoms with Crippen LogP contribution < -0.4 is 5.32 Å². The number of hydrogen-bond acceptors (Lipinski definition) is 2. The van der Waals surface area contributed by atoms with Gasteiger partial charge in [0.2, 0.25) is 0 Å². The van der Waals surface area contributed by atoms with E-state index in [1.807, 2.05) is 30.3 Å². The van der Waals surface area contributed by atoms with Gasteiger partial charge in [0.1, 0.15) is 0 Å². The second kappa shape index (κ2) is 6.93. The number of alkyl halides is 3. The second-order valence-electron chi connectivity index (χ2n) is 5.68. The summed E-state index contributed by atoms with van der Waals surface area (Å²) < 4.78 is 37.7. The molecule has 1 rings (SSSR count). The van der Waals surface area contributed by atoms with Crippen LogP contribution in [-0.4, -0.2) is 29.3 Å². The van der Waals surface area contributed by atoms with Crippen LogP contribution in [0.4, 0.5) is 13.2 Å². The van der Waals surface area contributed by atoms with Crippen molar-refractivity contribution in [2.75, 3.05) is 6.54 Å². The minimum Gasteiger partial charge on any atom is -0.481 e. The molecule has 1 atom stereocenters. The van der Waals surface area contributed by atoms with E-state index in [0.29, 0.717) is 12.8 Å². The van der Waals surface area contributed by atoms with Crippen molar-refractivity contribution in [3.05, 3.63) is 35.9 Å². The number of nitrogens with one attached hydrogen (secondary N) is 1. The highest BCUT2D eigenvalue weighted by Crippen LogP contribution is 2.26. The van der Waals surface area contributed by atoms with E-state index in [2.05, 4.69) is 5.32 Å². The van der Waals surface area contributed by atoms with Crippen LogP contribution in [-0.2, 0) is 11.2 Å². The Kier molecular flexibility index (Phi) is 5.78. The van der Waals surface area contributed by atoms with Crippen LogP contribution in [0.5, 0.6) is 0 Å². The Hall–Kier alpha value is -1.56. The predicted molar refractivity (Wildman–Crippen MR) is 74.0 cm³/mol. The van der Waals surface area contributed by atoms with Gasteiger partial charge in [-0.15, -0.1) is 0 Å². The number of carboxylic acid groups (broad SMARTS) is 1. The van der Waals surface area contributed by atoms with Crippen LogP contribution in [0.25, 0.3) is 0 Å². The molecule has 0 heterocycles. The lowest BCUT2D eigenvalue weighted by molar-refractivity contribution is -0.192. The van der Waals surface area contributed by atoms with Gasteiger partial charge in [0.25, 0.3) is 0 Å². The molecule has 0 bridgehead atoms. The first-order valence-electron chi connectivity index (χ1n) is 6.70. The van der Waals surface area contributed by atoms with Crippen molar-refractivity contribution in [2.24, 2.45) is 5.92 Å². The van der Waals surface area contributed by atoms with Crippen molar-refractivity contribution < 1.29 is 23.1 Å². The Labute approximate surface area is 122 Å². The summed E-state index contributed by atoms with van der Waals surface area (Å²) >= 11 is 0. The SMILES string of the molecule is CC(C)(CCc1ccccc1)NCC(C(=O)O)C(F)(F)F. The van der Waals surface area contributed by atoms with Gasteiger partial charge in [-0.05, 0) is 32.3 Å². The molecule has 0 aliphatic heterocycles. The summed E-state index contributed by atoms with van der Waals surface area (Å²) in [4.78, 5) is 10.7. The van der Waals surface area contributed by atoms with Crippen LogP contribution in [0.15, 0.2) is 30.3 Å². The predicted octanol–water partition coefficient (Wildman–Crippen LogP) is 3.25. The number of benzene rings is 1. The van der Waals surface area contributed by atoms with Gasteiger partial charge >= 0.3 is 12.1 Å². The number of carbonyl (C=O) groups is 1. The van der Waals surface area contributed by atoms with E-state index >= 15 is 0 Å². The Balaban J connectivity index is 2.53. The average molecular weight is 303 g/mol. The molecular weight excluding hydrogens is 283 g/mol. The summed E-state index contributed by atoms with van der Waals surface area (Å²) in [5, 5.41) is 11.4. The van der Waals surface area contributed by atoms with Crippen LogP contribution in [0, 0.1) is 5.92 Å². The topological polar surface area (TPSA) is 49.3 Å². The molecule has 0 amide bonds. The summed E-state index contributed by atoms with van der Waals surface area (Å²) in [5.41, 5.74) is 0.521. The monoisotopic (exact) mass is 303 g/mol. The fourth-order valence-corrected chi connectivity index (χ4v) is 1.91. The normalized spacial score (nSPS) is 14.0. The smallest absolute Gasteiger partial charge is 0.403 e. The lowest BCUT2D eigenvalue weighted by atomic mass is 9.94. The zero-order valence-corrected chi connectivity index (χ0v) is 12.1. The van der Waals surface area contributed by atoms with Crippen LogP contribution >= 0.6 is 0 Å². The molecule has 0 aliphatic carbocycles. The van der Waals surface area contributed by atoms with E-state index < -0.39 is 30.1 Å². The average Bonchev–Trinajstić information content (AvgIpc) is 2.36. The molecule has 2 N–H and O–H groups in total. The first kappa shape index (κ1) is 17.5. The van der Waals surface area contributed by atoms with Gasteiger partial charge in [-0.1, -0.05) is 30.3 Å².